The molecule has 1 amide bonds. The molecule has 4 unspecified atom stereocenters. The molecule has 0 spiro atoms. The number of hydrogen-bond donors (Lipinski definition) is 1. The molecule has 2 heterocycles. The Morgan fingerprint density at radius 1 is 1.40 bits per heavy atom. The van der Waals surface area contributed by atoms with Crippen LogP contribution in [0.1, 0.15) is 44.2 Å². The van der Waals surface area contributed by atoms with Crippen molar-refractivity contribution in [2.75, 3.05) is 13.2 Å². The highest BCUT2D eigenvalue weighted by Gasteiger charge is 2.41. The Hall–Kier alpha value is -1.95. The molecule has 0 radical (unpaired) electrons. The quantitative estimate of drug-likeness (QED) is 0.887. The summed E-state index contributed by atoms with van der Waals surface area (Å²) in [7, 11) is 0. The first kappa shape index (κ1) is 17.9. The van der Waals surface area contributed by atoms with Crippen molar-refractivity contribution in [2.24, 2.45) is 11.8 Å². The largest absolute Gasteiger partial charge is 0.481 e. The number of hydrogen-bond acceptors (Lipinski definition) is 3. The lowest BCUT2D eigenvalue weighted by Gasteiger charge is -2.29. The number of carbonyl (C=O) groups excluding carboxylic acids is 1. The van der Waals surface area contributed by atoms with Gasteiger partial charge in [-0.15, -0.1) is 0 Å². The summed E-state index contributed by atoms with van der Waals surface area (Å²) in [5, 5.41) is 8.77. The van der Waals surface area contributed by atoms with Crippen molar-refractivity contribution in [3.05, 3.63) is 35.6 Å². The summed E-state index contributed by atoms with van der Waals surface area (Å²) in [6.45, 7) is 3.09. The molecular formula is C19H24FNO4. The summed E-state index contributed by atoms with van der Waals surface area (Å²) < 4.78 is 19.2. The van der Waals surface area contributed by atoms with E-state index in [1.54, 1.807) is 6.07 Å². The lowest BCUT2D eigenvalue weighted by Crippen LogP contribution is -2.37. The average Bonchev–Trinajstić information content (AvgIpc) is 3.19. The number of nitrogens with zero attached hydrogens (tertiary/aromatic N) is 1. The molecule has 1 aromatic carbocycles. The summed E-state index contributed by atoms with van der Waals surface area (Å²) in [6, 6.07) is 6.36. The van der Waals surface area contributed by atoms with Gasteiger partial charge in [0.05, 0.1) is 24.7 Å². The van der Waals surface area contributed by atoms with Crippen LogP contribution in [0.5, 0.6) is 0 Å². The maximum absolute atomic E-state index is 13.6. The number of benzene rings is 1. The van der Waals surface area contributed by atoms with Crippen LogP contribution in [0.3, 0.4) is 0 Å². The maximum Gasteiger partial charge on any atom is 0.303 e. The van der Waals surface area contributed by atoms with Crippen LogP contribution >= 0.6 is 0 Å². The standard InChI is InChI=1S/C19H24FNO4/c1-12-7-8-21(18(12)13-3-2-4-15(20)9-13)19(24)14-10-16(25-11-14)5-6-17(22)23/h2-4,9,12,14,16,18H,5-8,10-11H2,1H3,(H,22,23). The molecule has 2 fully saturated rings. The van der Waals surface area contributed by atoms with Crippen molar-refractivity contribution in [1.29, 1.82) is 0 Å². The van der Waals surface area contributed by atoms with Gasteiger partial charge in [0, 0.05) is 13.0 Å². The highest BCUT2D eigenvalue weighted by Crippen LogP contribution is 2.39. The number of carboxylic acids is 1. The molecule has 136 valence electrons. The molecule has 3 rings (SSSR count). The number of rotatable bonds is 5. The van der Waals surface area contributed by atoms with Crippen molar-refractivity contribution >= 4 is 11.9 Å². The summed E-state index contributed by atoms with van der Waals surface area (Å²) >= 11 is 0. The number of amides is 1. The van der Waals surface area contributed by atoms with Gasteiger partial charge in [0.2, 0.25) is 5.91 Å². The van der Waals surface area contributed by atoms with Crippen molar-refractivity contribution < 1.29 is 23.8 Å². The average molecular weight is 349 g/mol. The fourth-order valence-corrected chi connectivity index (χ4v) is 3.99. The van der Waals surface area contributed by atoms with Crippen molar-refractivity contribution in [3.8, 4) is 0 Å². The van der Waals surface area contributed by atoms with Gasteiger partial charge in [-0.25, -0.2) is 4.39 Å². The summed E-state index contributed by atoms with van der Waals surface area (Å²) in [4.78, 5) is 25.5. The highest BCUT2D eigenvalue weighted by atomic mass is 19.1. The lowest BCUT2D eigenvalue weighted by molar-refractivity contribution is -0.138. The molecule has 2 aliphatic heterocycles. The summed E-state index contributed by atoms with van der Waals surface area (Å²) in [6.07, 6.45) is 1.77. The predicted octanol–water partition coefficient (Wildman–Crippen LogP) is 3.01. The van der Waals surface area contributed by atoms with Crippen LogP contribution < -0.4 is 0 Å². The smallest absolute Gasteiger partial charge is 0.303 e. The molecule has 0 aliphatic carbocycles. The zero-order valence-electron chi connectivity index (χ0n) is 14.4. The topological polar surface area (TPSA) is 66.8 Å². The Labute approximate surface area is 146 Å². The molecule has 1 aromatic rings. The monoisotopic (exact) mass is 349 g/mol. The molecular weight excluding hydrogens is 325 g/mol. The van der Waals surface area contributed by atoms with Gasteiger partial charge >= 0.3 is 5.97 Å². The minimum absolute atomic E-state index is 0.0384. The van der Waals surface area contributed by atoms with E-state index < -0.39 is 5.97 Å². The van der Waals surface area contributed by atoms with Gasteiger partial charge in [0.25, 0.3) is 0 Å². The first-order chi connectivity index (χ1) is 12.0. The van der Waals surface area contributed by atoms with E-state index in [1.807, 2.05) is 11.0 Å². The van der Waals surface area contributed by atoms with E-state index in [0.717, 1.165) is 12.0 Å². The molecule has 0 aromatic heterocycles. The molecule has 2 aliphatic rings. The number of aliphatic carboxylic acids is 1. The summed E-state index contributed by atoms with van der Waals surface area (Å²) in [5.41, 5.74) is 0.833. The Balaban J connectivity index is 1.68. The normalized spacial score (nSPS) is 29.1. The van der Waals surface area contributed by atoms with E-state index in [2.05, 4.69) is 6.92 Å². The first-order valence-corrected chi connectivity index (χ1v) is 8.85. The van der Waals surface area contributed by atoms with Crippen LogP contribution in [0.4, 0.5) is 4.39 Å². The number of likely N-dealkylation sites (tertiary alicyclic amines) is 1. The van der Waals surface area contributed by atoms with E-state index in [1.165, 1.54) is 12.1 Å². The predicted molar refractivity (Wildman–Crippen MR) is 89.4 cm³/mol. The second-order valence-corrected chi connectivity index (χ2v) is 7.12. The van der Waals surface area contributed by atoms with E-state index >= 15 is 0 Å². The molecule has 0 saturated carbocycles. The Kier molecular flexibility index (Phi) is 5.37. The van der Waals surface area contributed by atoms with Crippen LogP contribution in [-0.4, -0.2) is 41.1 Å². The zero-order chi connectivity index (χ0) is 18.0. The Morgan fingerprint density at radius 3 is 2.92 bits per heavy atom. The third kappa shape index (κ3) is 4.00. The SMILES string of the molecule is CC1CCN(C(=O)C2COC(CCC(=O)O)C2)C1c1cccc(F)c1. The third-order valence-electron chi connectivity index (χ3n) is 5.28. The minimum atomic E-state index is -0.849. The lowest BCUT2D eigenvalue weighted by atomic mass is 9.94. The van der Waals surface area contributed by atoms with E-state index in [9.17, 15) is 14.0 Å². The molecule has 5 nitrogen and oxygen atoms in total. The van der Waals surface area contributed by atoms with E-state index in [0.29, 0.717) is 26.0 Å². The first-order valence-electron chi connectivity index (χ1n) is 8.85. The minimum Gasteiger partial charge on any atom is -0.481 e. The van der Waals surface area contributed by atoms with Gasteiger partial charge in [0.15, 0.2) is 0 Å². The van der Waals surface area contributed by atoms with Gasteiger partial charge in [-0.05, 0) is 42.9 Å². The number of carboxylic acid groups (broad SMARTS) is 1. The molecule has 6 heteroatoms. The second-order valence-electron chi connectivity index (χ2n) is 7.12. The van der Waals surface area contributed by atoms with Crippen LogP contribution in [0.15, 0.2) is 24.3 Å². The van der Waals surface area contributed by atoms with Crippen molar-refractivity contribution in [3.63, 3.8) is 0 Å². The number of ether oxygens (including phenoxy) is 1. The highest BCUT2D eigenvalue weighted by molar-refractivity contribution is 5.80. The summed E-state index contributed by atoms with van der Waals surface area (Å²) in [5.74, 6) is -1.06. The zero-order valence-corrected chi connectivity index (χ0v) is 14.4. The molecule has 4 atom stereocenters. The second kappa shape index (κ2) is 7.52. The van der Waals surface area contributed by atoms with Gasteiger partial charge in [-0.3, -0.25) is 9.59 Å². The van der Waals surface area contributed by atoms with Crippen LogP contribution in [0, 0.1) is 17.7 Å². The van der Waals surface area contributed by atoms with Crippen LogP contribution in [-0.2, 0) is 14.3 Å². The fourth-order valence-electron chi connectivity index (χ4n) is 3.99. The fraction of sp³-hybridized carbons (Fsp3) is 0.579. The van der Waals surface area contributed by atoms with E-state index in [-0.39, 0.29) is 42.1 Å². The number of halogens is 1. The van der Waals surface area contributed by atoms with Gasteiger partial charge in [0.1, 0.15) is 5.82 Å². The molecule has 2 saturated heterocycles. The third-order valence-corrected chi connectivity index (χ3v) is 5.28. The van der Waals surface area contributed by atoms with Gasteiger partial charge in [-0.2, -0.15) is 0 Å². The number of carbonyl (C=O) groups is 2. The van der Waals surface area contributed by atoms with Crippen LogP contribution in [0.2, 0.25) is 0 Å². The molecule has 0 bridgehead atoms. The maximum atomic E-state index is 13.6. The Bertz CT molecular complexity index is 650. The van der Waals surface area contributed by atoms with Gasteiger partial charge in [-0.1, -0.05) is 19.1 Å². The molecule has 25 heavy (non-hydrogen) atoms. The van der Waals surface area contributed by atoms with Crippen molar-refractivity contribution in [1.82, 2.24) is 4.90 Å². The van der Waals surface area contributed by atoms with E-state index in [4.69, 9.17) is 9.84 Å². The Morgan fingerprint density at radius 2 is 2.20 bits per heavy atom. The van der Waals surface area contributed by atoms with Crippen LogP contribution in [0.25, 0.3) is 0 Å². The van der Waals surface area contributed by atoms with Gasteiger partial charge < -0.3 is 14.7 Å². The van der Waals surface area contributed by atoms with Crippen molar-refractivity contribution in [2.45, 2.75) is 44.8 Å². The molecule has 1 N–H and O–H groups in total.